The van der Waals surface area contributed by atoms with Gasteiger partial charge >= 0.3 is 5.97 Å². The Kier molecular flexibility index (Phi) is 4.00. The highest BCUT2D eigenvalue weighted by Gasteiger charge is 2.20. The number of nitrogens with two attached hydrogens (primary N) is 1. The van der Waals surface area contributed by atoms with Crippen LogP contribution in [0.15, 0.2) is 6.07 Å². The Hall–Kier alpha value is -1.43. The second-order valence-electron chi connectivity index (χ2n) is 2.95. The molecular weight excluding hydrogens is 242 g/mol. The van der Waals surface area contributed by atoms with Gasteiger partial charge in [-0.2, -0.15) is 0 Å². The van der Waals surface area contributed by atoms with Crippen LogP contribution in [0, 0.1) is 0 Å². The Morgan fingerprint density at radius 3 is 2.81 bits per heavy atom. The fourth-order valence-corrected chi connectivity index (χ4v) is 1.38. The van der Waals surface area contributed by atoms with Crippen LogP contribution < -0.4 is 5.73 Å². The molecule has 7 heteroatoms. The molecule has 0 aliphatic rings. The molecule has 1 heterocycles. The first-order valence-corrected chi connectivity index (χ1v) is 4.63. The van der Waals surface area contributed by atoms with Crippen LogP contribution in [0.25, 0.3) is 0 Å². The molecule has 0 fully saturated rings. The molecule has 0 bridgehead atoms. The predicted molar refractivity (Wildman–Crippen MR) is 54.3 cm³/mol. The molecule has 0 aliphatic heterocycles. The van der Waals surface area contributed by atoms with Crippen molar-refractivity contribution in [3.63, 3.8) is 0 Å². The summed E-state index contributed by atoms with van der Waals surface area (Å²) in [5.74, 6) is -0.669. The van der Waals surface area contributed by atoms with Crippen molar-refractivity contribution in [1.82, 2.24) is 4.98 Å². The molecule has 0 saturated carbocycles. The number of esters is 1. The number of halogens is 3. The summed E-state index contributed by atoms with van der Waals surface area (Å²) in [5, 5.41) is -0.138. The van der Waals surface area contributed by atoms with E-state index in [1.54, 1.807) is 0 Å². The van der Waals surface area contributed by atoms with Crippen LogP contribution in [-0.4, -0.2) is 18.1 Å². The lowest BCUT2D eigenvalue weighted by Crippen LogP contribution is -2.11. The third kappa shape index (κ3) is 2.79. The molecule has 1 aromatic heterocycles. The zero-order chi connectivity index (χ0) is 12.3. The van der Waals surface area contributed by atoms with Gasteiger partial charge in [0, 0.05) is 11.3 Å². The number of hydrogen-bond acceptors (Lipinski definition) is 4. The fraction of sp³-hybridized carbons (Fsp3) is 0.333. The maximum atomic E-state index is 12.6. The lowest BCUT2D eigenvalue weighted by atomic mass is 10.1. The van der Waals surface area contributed by atoms with Crippen molar-refractivity contribution >= 4 is 23.3 Å². The number of rotatable bonds is 3. The third-order valence-electron chi connectivity index (χ3n) is 1.92. The van der Waals surface area contributed by atoms with Crippen molar-refractivity contribution in [2.75, 3.05) is 12.8 Å². The molecule has 1 rings (SSSR count). The number of carbonyl (C=O) groups is 1. The number of methoxy groups -OCH3 is 1. The molecule has 1 aromatic rings. The van der Waals surface area contributed by atoms with Gasteiger partial charge in [0.2, 0.25) is 0 Å². The van der Waals surface area contributed by atoms with E-state index in [-0.39, 0.29) is 22.8 Å². The molecule has 0 unspecified atom stereocenters. The Labute approximate surface area is 95.4 Å². The molecule has 16 heavy (non-hydrogen) atoms. The van der Waals surface area contributed by atoms with E-state index in [0.717, 1.165) is 7.11 Å². The SMILES string of the molecule is COC(=O)Cc1c(N)cc(Cl)nc1C(F)F. The van der Waals surface area contributed by atoms with Gasteiger partial charge in [0.1, 0.15) is 10.8 Å². The highest BCUT2D eigenvalue weighted by molar-refractivity contribution is 6.29. The number of nitrogen functional groups attached to an aromatic ring is 1. The van der Waals surface area contributed by atoms with Gasteiger partial charge in [-0.25, -0.2) is 13.8 Å². The number of aromatic nitrogens is 1. The quantitative estimate of drug-likeness (QED) is 0.658. The molecule has 0 amide bonds. The van der Waals surface area contributed by atoms with Crippen LogP contribution in [0.1, 0.15) is 17.7 Å². The lowest BCUT2D eigenvalue weighted by Gasteiger charge is -2.10. The highest BCUT2D eigenvalue weighted by atomic mass is 35.5. The summed E-state index contributed by atoms with van der Waals surface area (Å²) in [7, 11) is 1.16. The Morgan fingerprint density at radius 1 is 1.69 bits per heavy atom. The maximum Gasteiger partial charge on any atom is 0.310 e. The van der Waals surface area contributed by atoms with Crippen LogP contribution in [0.4, 0.5) is 14.5 Å². The first-order valence-electron chi connectivity index (χ1n) is 4.25. The molecule has 0 atom stereocenters. The Bertz CT molecular complexity index is 413. The number of hydrogen-bond donors (Lipinski definition) is 1. The average Bonchev–Trinajstić information content (AvgIpc) is 2.20. The lowest BCUT2D eigenvalue weighted by molar-refractivity contribution is -0.139. The van der Waals surface area contributed by atoms with E-state index < -0.39 is 18.1 Å². The number of anilines is 1. The summed E-state index contributed by atoms with van der Waals surface area (Å²) in [6, 6.07) is 1.21. The smallest absolute Gasteiger partial charge is 0.310 e. The van der Waals surface area contributed by atoms with E-state index in [4.69, 9.17) is 17.3 Å². The molecule has 0 saturated heterocycles. The second kappa shape index (κ2) is 5.07. The minimum absolute atomic E-state index is 0.000648. The van der Waals surface area contributed by atoms with Crippen LogP contribution in [0.5, 0.6) is 0 Å². The molecule has 88 valence electrons. The zero-order valence-electron chi connectivity index (χ0n) is 8.34. The van der Waals surface area contributed by atoms with Crippen LogP contribution >= 0.6 is 11.6 Å². The monoisotopic (exact) mass is 250 g/mol. The van der Waals surface area contributed by atoms with Crippen molar-refractivity contribution in [2.45, 2.75) is 12.8 Å². The minimum atomic E-state index is -2.85. The normalized spacial score (nSPS) is 10.6. The molecule has 0 aromatic carbocycles. The molecule has 4 nitrogen and oxygen atoms in total. The molecule has 0 aliphatic carbocycles. The van der Waals surface area contributed by atoms with E-state index in [9.17, 15) is 13.6 Å². The highest BCUT2D eigenvalue weighted by Crippen LogP contribution is 2.28. The van der Waals surface area contributed by atoms with E-state index in [1.807, 2.05) is 0 Å². The summed E-state index contributed by atoms with van der Waals surface area (Å²) in [5.41, 5.74) is 4.86. The van der Waals surface area contributed by atoms with Crippen LogP contribution in [-0.2, 0) is 16.0 Å². The van der Waals surface area contributed by atoms with E-state index in [0.29, 0.717) is 0 Å². The first kappa shape index (κ1) is 12.6. The standard InChI is InChI=1S/C9H9ClF2N2O2/c1-16-7(15)2-4-5(13)3-6(10)14-8(4)9(11)12/h3,9H,2H2,1H3,(H2,13,14). The Morgan fingerprint density at radius 2 is 2.31 bits per heavy atom. The van der Waals surface area contributed by atoms with E-state index in [2.05, 4.69) is 9.72 Å². The Balaban J connectivity index is 3.19. The minimum Gasteiger partial charge on any atom is -0.469 e. The van der Waals surface area contributed by atoms with Gasteiger partial charge < -0.3 is 10.5 Å². The van der Waals surface area contributed by atoms with Crippen molar-refractivity contribution in [3.8, 4) is 0 Å². The summed E-state index contributed by atoms with van der Waals surface area (Å²) < 4.78 is 29.6. The van der Waals surface area contributed by atoms with Crippen molar-refractivity contribution in [1.29, 1.82) is 0 Å². The van der Waals surface area contributed by atoms with Gasteiger partial charge in [-0.05, 0) is 6.07 Å². The number of alkyl halides is 2. The zero-order valence-corrected chi connectivity index (χ0v) is 9.09. The van der Waals surface area contributed by atoms with Crippen molar-refractivity contribution in [3.05, 3.63) is 22.5 Å². The van der Waals surface area contributed by atoms with Gasteiger partial charge in [-0.1, -0.05) is 11.6 Å². The summed E-state index contributed by atoms with van der Waals surface area (Å²) in [6.07, 6.45) is -3.20. The van der Waals surface area contributed by atoms with Crippen molar-refractivity contribution < 1.29 is 18.3 Å². The summed E-state index contributed by atoms with van der Waals surface area (Å²) >= 11 is 5.50. The first-order chi connectivity index (χ1) is 7.45. The fourth-order valence-electron chi connectivity index (χ4n) is 1.17. The van der Waals surface area contributed by atoms with E-state index >= 15 is 0 Å². The van der Waals surface area contributed by atoms with Gasteiger partial charge in [0.15, 0.2) is 0 Å². The van der Waals surface area contributed by atoms with Gasteiger partial charge in [0.25, 0.3) is 6.43 Å². The second-order valence-corrected chi connectivity index (χ2v) is 3.34. The molecular formula is C9H9ClF2N2O2. The van der Waals surface area contributed by atoms with Crippen LogP contribution in [0.3, 0.4) is 0 Å². The van der Waals surface area contributed by atoms with Gasteiger partial charge in [0.05, 0.1) is 13.5 Å². The van der Waals surface area contributed by atoms with Gasteiger partial charge in [-0.3, -0.25) is 4.79 Å². The van der Waals surface area contributed by atoms with E-state index in [1.165, 1.54) is 6.07 Å². The molecule has 0 spiro atoms. The molecule has 0 radical (unpaired) electrons. The summed E-state index contributed by atoms with van der Waals surface area (Å²) in [6.45, 7) is 0. The average molecular weight is 251 g/mol. The largest absolute Gasteiger partial charge is 0.469 e. The molecule has 2 N–H and O–H groups in total. The summed E-state index contributed by atoms with van der Waals surface area (Å²) in [4.78, 5) is 14.5. The maximum absolute atomic E-state index is 12.6. The third-order valence-corrected chi connectivity index (χ3v) is 2.11. The number of nitrogens with zero attached hydrogens (tertiary/aromatic N) is 1. The number of pyridine rings is 1. The number of carbonyl (C=O) groups excluding carboxylic acids is 1. The van der Waals surface area contributed by atoms with Crippen molar-refractivity contribution in [2.24, 2.45) is 0 Å². The predicted octanol–water partition coefficient (Wildman–Crippen LogP) is 1.97. The number of ether oxygens (including phenoxy) is 1. The van der Waals surface area contributed by atoms with Gasteiger partial charge in [-0.15, -0.1) is 0 Å². The topological polar surface area (TPSA) is 65.2 Å². The van der Waals surface area contributed by atoms with Crippen LogP contribution in [0.2, 0.25) is 5.15 Å².